The molecular formula is C30H32N4O3. The average Bonchev–Trinajstić information content (AvgIpc) is 3.69. The molecule has 0 saturated heterocycles. The van der Waals surface area contributed by atoms with Gasteiger partial charge < -0.3 is 14.4 Å². The smallest absolute Gasteiger partial charge is 0.255 e. The number of rotatable bonds is 6. The number of ether oxygens (including phenoxy) is 2. The van der Waals surface area contributed by atoms with Gasteiger partial charge in [0.2, 0.25) is 0 Å². The highest BCUT2D eigenvalue weighted by Gasteiger charge is 2.36. The molecule has 0 radical (unpaired) electrons. The number of carbonyl (C=O) groups is 1. The van der Waals surface area contributed by atoms with Crippen LogP contribution in [0, 0.1) is 0 Å². The van der Waals surface area contributed by atoms with Crippen LogP contribution >= 0.6 is 0 Å². The van der Waals surface area contributed by atoms with Crippen LogP contribution in [0.5, 0.6) is 11.5 Å². The molecule has 190 valence electrons. The van der Waals surface area contributed by atoms with Crippen LogP contribution in [0.4, 0.5) is 0 Å². The number of pyridine rings is 1. The summed E-state index contributed by atoms with van der Waals surface area (Å²) < 4.78 is 13.2. The fourth-order valence-electron chi connectivity index (χ4n) is 5.49. The van der Waals surface area contributed by atoms with E-state index in [1.165, 1.54) is 5.56 Å². The average molecular weight is 497 g/mol. The van der Waals surface area contributed by atoms with Crippen LogP contribution in [-0.4, -0.2) is 46.3 Å². The van der Waals surface area contributed by atoms with Crippen molar-refractivity contribution in [1.29, 1.82) is 0 Å². The fraction of sp³-hybridized carbons (Fsp3) is 0.367. The predicted molar refractivity (Wildman–Crippen MR) is 142 cm³/mol. The highest BCUT2D eigenvalue weighted by atomic mass is 16.5. The molecule has 1 amide bonds. The van der Waals surface area contributed by atoms with E-state index >= 15 is 0 Å². The molecule has 6 rings (SSSR count). The first-order valence-electron chi connectivity index (χ1n) is 13.0. The first-order valence-corrected chi connectivity index (χ1v) is 13.0. The Hall–Kier alpha value is -3.87. The Kier molecular flexibility index (Phi) is 5.86. The van der Waals surface area contributed by atoms with E-state index in [0.29, 0.717) is 29.5 Å². The van der Waals surface area contributed by atoms with Crippen LogP contribution in [0.3, 0.4) is 0 Å². The molecule has 3 heterocycles. The number of aromatic nitrogens is 3. The van der Waals surface area contributed by atoms with Gasteiger partial charge in [0.1, 0.15) is 0 Å². The Balaban J connectivity index is 1.51. The maximum atomic E-state index is 14.5. The summed E-state index contributed by atoms with van der Waals surface area (Å²) >= 11 is 0. The third-order valence-electron chi connectivity index (χ3n) is 7.55. The zero-order chi connectivity index (χ0) is 25.7. The lowest BCUT2D eigenvalue weighted by atomic mass is 9.87. The fourth-order valence-corrected chi connectivity index (χ4v) is 5.49. The quantitative estimate of drug-likeness (QED) is 0.343. The van der Waals surface area contributed by atoms with Gasteiger partial charge in [-0.25, -0.2) is 9.67 Å². The molecule has 2 aromatic heterocycles. The van der Waals surface area contributed by atoms with Crippen molar-refractivity contribution in [3.63, 3.8) is 0 Å². The Bertz CT molecular complexity index is 1470. The van der Waals surface area contributed by atoms with Gasteiger partial charge in [-0.15, -0.1) is 0 Å². The van der Waals surface area contributed by atoms with E-state index in [4.69, 9.17) is 14.5 Å². The summed E-state index contributed by atoms with van der Waals surface area (Å²) in [6, 6.07) is 16.2. The Labute approximate surface area is 217 Å². The molecule has 1 unspecified atom stereocenters. The minimum absolute atomic E-state index is 0.00638. The lowest BCUT2D eigenvalue weighted by molar-refractivity contribution is 0.0696. The number of fused-ring (bicyclic) bond motifs is 2. The highest BCUT2D eigenvalue weighted by Crippen LogP contribution is 2.43. The second-order valence-electron chi connectivity index (χ2n) is 10.3. The van der Waals surface area contributed by atoms with Gasteiger partial charge in [0.15, 0.2) is 17.1 Å². The summed E-state index contributed by atoms with van der Waals surface area (Å²) in [6.45, 7) is 4.78. The van der Waals surface area contributed by atoms with E-state index in [-0.39, 0.29) is 18.0 Å². The number of amides is 1. The summed E-state index contributed by atoms with van der Waals surface area (Å²) in [5.74, 6) is 1.80. The lowest BCUT2D eigenvalue weighted by Gasteiger charge is -2.38. The van der Waals surface area contributed by atoms with Crippen molar-refractivity contribution in [3.8, 4) is 11.5 Å². The molecule has 7 heteroatoms. The molecule has 0 bridgehead atoms. The first kappa shape index (κ1) is 23.5. The van der Waals surface area contributed by atoms with Crippen LogP contribution < -0.4 is 9.47 Å². The molecule has 1 saturated carbocycles. The third-order valence-corrected chi connectivity index (χ3v) is 7.55. The van der Waals surface area contributed by atoms with Crippen LogP contribution in [0.15, 0.2) is 54.7 Å². The van der Waals surface area contributed by atoms with Gasteiger partial charge in [0, 0.05) is 24.2 Å². The summed E-state index contributed by atoms with van der Waals surface area (Å²) in [7, 11) is 3.30. The molecule has 0 spiro atoms. The van der Waals surface area contributed by atoms with Crippen LogP contribution in [0.25, 0.3) is 11.0 Å². The van der Waals surface area contributed by atoms with Crippen molar-refractivity contribution >= 4 is 16.9 Å². The monoisotopic (exact) mass is 496 g/mol. The number of methoxy groups -OCH3 is 2. The zero-order valence-electron chi connectivity index (χ0n) is 21.8. The van der Waals surface area contributed by atoms with Crippen molar-refractivity contribution in [2.45, 2.75) is 51.1 Å². The maximum absolute atomic E-state index is 14.5. The minimum atomic E-state index is -0.245. The Morgan fingerprint density at radius 1 is 1.03 bits per heavy atom. The molecule has 1 aliphatic heterocycles. The van der Waals surface area contributed by atoms with Crippen LogP contribution in [0.2, 0.25) is 0 Å². The molecule has 1 fully saturated rings. The van der Waals surface area contributed by atoms with Gasteiger partial charge in [-0.1, -0.05) is 30.3 Å². The Morgan fingerprint density at radius 3 is 2.43 bits per heavy atom. The molecule has 0 N–H and O–H groups in total. The number of hydrogen-bond acceptors (Lipinski definition) is 5. The molecule has 37 heavy (non-hydrogen) atoms. The van der Waals surface area contributed by atoms with Gasteiger partial charge in [-0.05, 0) is 68.0 Å². The molecule has 1 aliphatic carbocycles. The zero-order valence-corrected chi connectivity index (χ0v) is 21.8. The number of benzene rings is 2. The van der Waals surface area contributed by atoms with Gasteiger partial charge in [-0.3, -0.25) is 4.79 Å². The highest BCUT2D eigenvalue weighted by molar-refractivity contribution is 6.06. The van der Waals surface area contributed by atoms with E-state index in [2.05, 4.69) is 37.1 Å². The normalized spacial score (nSPS) is 17.2. The van der Waals surface area contributed by atoms with E-state index in [1.54, 1.807) is 20.4 Å². The van der Waals surface area contributed by atoms with Crippen molar-refractivity contribution in [1.82, 2.24) is 19.7 Å². The summed E-state index contributed by atoms with van der Waals surface area (Å²) in [4.78, 5) is 21.4. The third kappa shape index (κ3) is 4.02. The molecule has 7 nitrogen and oxygen atoms in total. The van der Waals surface area contributed by atoms with E-state index in [1.807, 2.05) is 39.9 Å². The molecule has 4 aromatic rings. The van der Waals surface area contributed by atoms with Gasteiger partial charge >= 0.3 is 0 Å². The van der Waals surface area contributed by atoms with Crippen molar-refractivity contribution < 1.29 is 14.3 Å². The lowest BCUT2D eigenvalue weighted by Crippen LogP contribution is -2.40. The molecule has 2 aliphatic rings. The molecule has 2 aromatic carbocycles. The maximum Gasteiger partial charge on any atom is 0.255 e. The topological polar surface area (TPSA) is 69.5 Å². The van der Waals surface area contributed by atoms with E-state index in [9.17, 15) is 4.79 Å². The van der Waals surface area contributed by atoms with Crippen molar-refractivity contribution in [3.05, 3.63) is 82.7 Å². The molecule has 1 atom stereocenters. The van der Waals surface area contributed by atoms with Gasteiger partial charge in [-0.2, -0.15) is 5.10 Å². The van der Waals surface area contributed by atoms with Gasteiger partial charge in [0.25, 0.3) is 5.91 Å². The second kappa shape index (κ2) is 9.21. The van der Waals surface area contributed by atoms with E-state index < -0.39 is 0 Å². The number of nitrogens with zero attached hydrogens (tertiary/aromatic N) is 4. The minimum Gasteiger partial charge on any atom is -0.493 e. The van der Waals surface area contributed by atoms with Gasteiger partial charge in [0.05, 0.1) is 37.4 Å². The number of carbonyl (C=O) groups excluding carboxylic acids is 1. The summed E-state index contributed by atoms with van der Waals surface area (Å²) in [5.41, 5.74) is 5.77. The van der Waals surface area contributed by atoms with Crippen LogP contribution in [0.1, 0.15) is 77.4 Å². The largest absolute Gasteiger partial charge is 0.493 e. The summed E-state index contributed by atoms with van der Waals surface area (Å²) in [5, 5.41) is 5.42. The standard InChI is InChI=1S/C30H32N4O3/c1-18(2)34-29-24(17-31-34)23(15-25(32-29)19-10-11-19)30(35)33-13-12-21-14-26(36-3)27(37-4)16-22(21)28(33)20-8-6-5-7-9-20/h5-9,14-19,28H,10-13H2,1-4H3. The predicted octanol–water partition coefficient (Wildman–Crippen LogP) is 5.69. The van der Waals surface area contributed by atoms with Crippen LogP contribution in [-0.2, 0) is 6.42 Å². The molecular weight excluding hydrogens is 464 g/mol. The SMILES string of the molecule is COc1cc2c(cc1OC)C(c1ccccc1)N(C(=O)c1cc(C3CC3)nc3c1cnn3C(C)C)CC2. The number of hydrogen-bond donors (Lipinski definition) is 0. The Morgan fingerprint density at radius 2 is 1.76 bits per heavy atom. The van der Waals surface area contributed by atoms with Crippen molar-refractivity contribution in [2.75, 3.05) is 20.8 Å². The summed E-state index contributed by atoms with van der Waals surface area (Å²) in [6.07, 6.45) is 4.77. The second-order valence-corrected chi connectivity index (χ2v) is 10.3. The first-order chi connectivity index (χ1) is 18.0. The van der Waals surface area contributed by atoms with E-state index in [0.717, 1.165) is 47.1 Å². The van der Waals surface area contributed by atoms with Crippen molar-refractivity contribution in [2.24, 2.45) is 0 Å².